The highest BCUT2D eigenvalue weighted by Crippen LogP contribution is 2.03. The Hall–Kier alpha value is -0.330. The smallest absolute Gasteiger partial charge is 0.0385 e. The van der Waals surface area contributed by atoms with Crippen LogP contribution < -0.4 is 0 Å². The lowest BCUT2D eigenvalue weighted by atomic mass is 10.1. The summed E-state index contributed by atoms with van der Waals surface area (Å²) in [5, 5.41) is 0. The summed E-state index contributed by atoms with van der Waals surface area (Å²) in [6, 6.07) is 0. The second kappa shape index (κ2) is 8.76. The molecule has 0 atom stereocenters. The second-order valence-corrected chi connectivity index (χ2v) is 3.43. The zero-order valence-electron chi connectivity index (χ0n) is 8.90. The lowest BCUT2D eigenvalue weighted by Crippen LogP contribution is -1.93. The second-order valence-electron chi connectivity index (χ2n) is 3.43. The van der Waals surface area contributed by atoms with E-state index < -0.39 is 0 Å². The molecule has 0 unspecified atom stereocenters. The number of aliphatic imine (C=N–C) groups is 1. The lowest BCUT2D eigenvalue weighted by molar-refractivity contribution is 0.681. The third-order valence-electron chi connectivity index (χ3n) is 2.00. The van der Waals surface area contributed by atoms with Crippen LogP contribution in [0.1, 0.15) is 59.3 Å². The molecular weight excluding hydrogens is 146 g/mol. The topological polar surface area (TPSA) is 12.4 Å². The predicted molar refractivity (Wildman–Crippen MR) is 57.0 cm³/mol. The first-order valence-corrected chi connectivity index (χ1v) is 5.31. The van der Waals surface area contributed by atoms with Crippen LogP contribution in [0.25, 0.3) is 0 Å². The van der Waals surface area contributed by atoms with Crippen LogP contribution in [-0.4, -0.2) is 12.3 Å². The van der Waals surface area contributed by atoms with E-state index in [9.17, 15) is 0 Å². The number of unbranched alkanes of at least 4 members (excludes halogenated alkanes) is 3. The van der Waals surface area contributed by atoms with E-state index >= 15 is 0 Å². The van der Waals surface area contributed by atoms with Gasteiger partial charge in [-0.05, 0) is 26.2 Å². The average Bonchev–Trinajstić information content (AvgIpc) is 2.09. The molecule has 0 heterocycles. The van der Waals surface area contributed by atoms with E-state index in [1.165, 1.54) is 44.2 Å². The van der Waals surface area contributed by atoms with Gasteiger partial charge in [-0.25, -0.2) is 0 Å². The van der Waals surface area contributed by atoms with Crippen LogP contribution in [0.5, 0.6) is 0 Å². The third kappa shape index (κ3) is 7.77. The van der Waals surface area contributed by atoms with Crippen molar-refractivity contribution in [2.24, 2.45) is 4.99 Å². The minimum Gasteiger partial charge on any atom is -0.294 e. The average molecular weight is 169 g/mol. The Morgan fingerprint density at radius 2 is 1.75 bits per heavy atom. The van der Waals surface area contributed by atoms with Gasteiger partial charge in [0.05, 0.1) is 0 Å². The Morgan fingerprint density at radius 3 is 2.33 bits per heavy atom. The number of nitrogens with zero attached hydrogens (tertiary/aromatic N) is 1. The first-order chi connectivity index (χ1) is 5.81. The normalized spacial score (nSPS) is 12.1. The van der Waals surface area contributed by atoms with Crippen molar-refractivity contribution < 1.29 is 0 Å². The number of hydrogen-bond donors (Lipinski definition) is 0. The summed E-state index contributed by atoms with van der Waals surface area (Å²) in [5.41, 5.74) is 1.34. The van der Waals surface area contributed by atoms with Crippen molar-refractivity contribution >= 4 is 5.71 Å². The first-order valence-electron chi connectivity index (χ1n) is 5.31. The maximum atomic E-state index is 4.46. The number of rotatable bonds is 7. The van der Waals surface area contributed by atoms with Crippen molar-refractivity contribution in [3.05, 3.63) is 0 Å². The Bertz CT molecular complexity index is 116. The van der Waals surface area contributed by atoms with Gasteiger partial charge in [0.1, 0.15) is 0 Å². The first kappa shape index (κ1) is 11.7. The summed E-state index contributed by atoms with van der Waals surface area (Å²) >= 11 is 0. The lowest BCUT2D eigenvalue weighted by Gasteiger charge is -1.99. The predicted octanol–water partition coefficient (Wildman–Crippen LogP) is 3.83. The maximum Gasteiger partial charge on any atom is 0.0385 e. The van der Waals surface area contributed by atoms with Gasteiger partial charge in [0, 0.05) is 12.3 Å². The zero-order valence-corrected chi connectivity index (χ0v) is 8.90. The highest BCUT2D eigenvalue weighted by atomic mass is 14.7. The maximum absolute atomic E-state index is 4.46. The van der Waals surface area contributed by atoms with Gasteiger partial charge in [-0.3, -0.25) is 4.99 Å². The molecule has 12 heavy (non-hydrogen) atoms. The highest BCUT2D eigenvalue weighted by molar-refractivity contribution is 5.81. The van der Waals surface area contributed by atoms with E-state index in [2.05, 4.69) is 25.8 Å². The third-order valence-corrected chi connectivity index (χ3v) is 2.00. The molecule has 1 heteroatoms. The van der Waals surface area contributed by atoms with E-state index in [1.807, 2.05) is 0 Å². The quantitative estimate of drug-likeness (QED) is 0.406. The molecule has 0 aromatic rings. The fourth-order valence-corrected chi connectivity index (χ4v) is 1.19. The van der Waals surface area contributed by atoms with Gasteiger partial charge >= 0.3 is 0 Å². The largest absolute Gasteiger partial charge is 0.294 e. The van der Waals surface area contributed by atoms with Gasteiger partial charge < -0.3 is 0 Å². The van der Waals surface area contributed by atoms with Crippen LogP contribution in [0, 0.1) is 0 Å². The molecule has 0 rings (SSSR count). The fourth-order valence-electron chi connectivity index (χ4n) is 1.19. The molecule has 0 amide bonds. The minimum atomic E-state index is 1.01. The molecule has 0 aliphatic carbocycles. The Morgan fingerprint density at radius 1 is 1.00 bits per heavy atom. The fraction of sp³-hybridized carbons (Fsp3) is 0.909. The molecule has 0 aliphatic rings. The van der Waals surface area contributed by atoms with Crippen LogP contribution in [0.15, 0.2) is 4.99 Å². The van der Waals surface area contributed by atoms with E-state index in [-0.39, 0.29) is 0 Å². The van der Waals surface area contributed by atoms with Gasteiger partial charge in [0.25, 0.3) is 0 Å². The molecule has 0 aliphatic heterocycles. The summed E-state index contributed by atoms with van der Waals surface area (Å²) in [7, 11) is 0. The highest BCUT2D eigenvalue weighted by Gasteiger charge is 1.91. The van der Waals surface area contributed by atoms with Crippen molar-refractivity contribution in [2.45, 2.75) is 59.3 Å². The standard InChI is InChI=1S/C11H23N/c1-4-6-7-8-9-11(3)12-10-5-2/h4-10H2,1-3H3/b12-11-. The monoisotopic (exact) mass is 169 g/mol. The van der Waals surface area contributed by atoms with Crippen LogP contribution in [0.3, 0.4) is 0 Å². The number of hydrogen-bond acceptors (Lipinski definition) is 1. The van der Waals surface area contributed by atoms with Gasteiger partial charge in [-0.15, -0.1) is 0 Å². The van der Waals surface area contributed by atoms with Crippen molar-refractivity contribution in [1.82, 2.24) is 0 Å². The zero-order chi connectivity index (χ0) is 9.23. The van der Waals surface area contributed by atoms with Crippen molar-refractivity contribution in [3.63, 3.8) is 0 Å². The van der Waals surface area contributed by atoms with Gasteiger partial charge in [0.15, 0.2) is 0 Å². The molecule has 0 saturated carbocycles. The van der Waals surface area contributed by atoms with E-state index in [0.717, 1.165) is 6.54 Å². The molecule has 0 aromatic heterocycles. The molecular formula is C11H23N. The van der Waals surface area contributed by atoms with Gasteiger partial charge in [0.2, 0.25) is 0 Å². The Labute approximate surface area is 77.3 Å². The molecule has 72 valence electrons. The summed E-state index contributed by atoms with van der Waals surface area (Å²) in [6.07, 6.45) is 7.78. The summed E-state index contributed by atoms with van der Waals surface area (Å²) in [4.78, 5) is 4.46. The molecule has 0 radical (unpaired) electrons. The summed E-state index contributed by atoms with van der Waals surface area (Å²) in [6.45, 7) is 7.59. The van der Waals surface area contributed by atoms with Crippen LogP contribution in [-0.2, 0) is 0 Å². The van der Waals surface area contributed by atoms with Gasteiger partial charge in [-0.1, -0.05) is 33.1 Å². The van der Waals surface area contributed by atoms with E-state index in [4.69, 9.17) is 0 Å². The molecule has 0 aromatic carbocycles. The molecule has 0 saturated heterocycles. The molecule has 0 fully saturated rings. The molecule has 0 spiro atoms. The minimum absolute atomic E-state index is 1.01. The molecule has 0 bridgehead atoms. The van der Waals surface area contributed by atoms with Crippen LogP contribution >= 0.6 is 0 Å². The molecule has 1 nitrogen and oxygen atoms in total. The van der Waals surface area contributed by atoms with Crippen molar-refractivity contribution in [1.29, 1.82) is 0 Å². The van der Waals surface area contributed by atoms with Crippen LogP contribution in [0.2, 0.25) is 0 Å². The SMILES string of the molecule is CCCCCC/C(C)=N\CCC. The van der Waals surface area contributed by atoms with Crippen molar-refractivity contribution in [3.8, 4) is 0 Å². The van der Waals surface area contributed by atoms with Gasteiger partial charge in [-0.2, -0.15) is 0 Å². The molecule has 0 N–H and O–H groups in total. The van der Waals surface area contributed by atoms with E-state index in [1.54, 1.807) is 0 Å². The Kier molecular flexibility index (Phi) is 8.52. The van der Waals surface area contributed by atoms with Crippen molar-refractivity contribution in [2.75, 3.05) is 6.54 Å². The van der Waals surface area contributed by atoms with E-state index in [0.29, 0.717) is 0 Å². The summed E-state index contributed by atoms with van der Waals surface area (Å²) < 4.78 is 0. The Balaban J connectivity index is 3.24. The summed E-state index contributed by atoms with van der Waals surface area (Å²) in [5.74, 6) is 0. The van der Waals surface area contributed by atoms with Crippen LogP contribution in [0.4, 0.5) is 0 Å².